The van der Waals surface area contributed by atoms with Crippen molar-refractivity contribution in [2.75, 3.05) is 50.1 Å². The Labute approximate surface area is 246 Å². The first-order valence-electron chi connectivity index (χ1n) is 13.7. The van der Waals surface area contributed by atoms with Crippen LogP contribution in [0.15, 0.2) is 63.4 Å². The van der Waals surface area contributed by atoms with E-state index >= 15 is 0 Å². The highest BCUT2D eigenvalue weighted by Crippen LogP contribution is 2.35. The van der Waals surface area contributed by atoms with Crippen LogP contribution in [0.4, 0.5) is 17.5 Å². The van der Waals surface area contributed by atoms with Crippen LogP contribution in [0.3, 0.4) is 0 Å². The molecule has 42 heavy (non-hydrogen) atoms. The van der Waals surface area contributed by atoms with E-state index in [2.05, 4.69) is 20.4 Å². The zero-order valence-corrected chi connectivity index (χ0v) is 24.5. The van der Waals surface area contributed by atoms with E-state index in [0.717, 1.165) is 28.1 Å². The molecule has 0 spiro atoms. The number of rotatable bonds is 9. The molecule has 1 aliphatic rings. The summed E-state index contributed by atoms with van der Waals surface area (Å²) in [5.74, 6) is 1.76. The van der Waals surface area contributed by atoms with E-state index in [0.29, 0.717) is 67.3 Å². The zero-order chi connectivity index (χ0) is 29.2. The van der Waals surface area contributed by atoms with E-state index in [4.69, 9.17) is 9.15 Å². The van der Waals surface area contributed by atoms with Gasteiger partial charge in [-0.15, -0.1) is 11.3 Å². The highest BCUT2D eigenvalue weighted by molar-refractivity contribution is 7.17. The molecule has 1 N–H and O–H groups in total. The molecule has 0 aliphatic carbocycles. The summed E-state index contributed by atoms with van der Waals surface area (Å²) in [4.78, 5) is 37.3. The maximum atomic E-state index is 12.8. The van der Waals surface area contributed by atoms with Gasteiger partial charge in [0.05, 0.1) is 25.5 Å². The molecule has 216 valence electrons. The molecule has 0 unspecified atom stereocenters. The van der Waals surface area contributed by atoms with Crippen LogP contribution in [0.5, 0.6) is 0 Å². The molecule has 0 amide bonds. The molecule has 12 heteroatoms. The molecule has 0 saturated carbocycles. The van der Waals surface area contributed by atoms with Gasteiger partial charge in [-0.1, -0.05) is 12.1 Å². The summed E-state index contributed by atoms with van der Waals surface area (Å²) in [6.45, 7) is 7.14. The largest absolute Gasteiger partial charge is 0.439 e. The van der Waals surface area contributed by atoms with Crippen molar-refractivity contribution in [3.63, 3.8) is 0 Å². The Bertz CT molecular complexity index is 1790. The minimum absolute atomic E-state index is 0.0353. The first kappa shape index (κ1) is 27.8. The molecular weight excluding hydrogens is 554 g/mol. The van der Waals surface area contributed by atoms with Gasteiger partial charge in [0.25, 0.3) is 0 Å². The predicted molar refractivity (Wildman–Crippen MR) is 163 cm³/mol. The van der Waals surface area contributed by atoms with Gasteiger partial charge >= 0.3 is 0 Å². The molecule has 0 bridgehead atoms. The van der Waals surface area contributed by atoms with Gasteiger partial charge in [0, 0.05) is 66.4 Å². The van der Waals surface area contributed by atoms with E-state index in [1.807, 2.05) is 59.6 Å². The molecule has 5 aromatic rings. The highest BCUT2D eigenvalue weighted by atomic mass is 32.1. The Kier molecular flexibility index (Phi) is 7.83. The van der Waals surface area contributed by atoms with Crippen molar-refractivity contribution in [3.05, 3.63) is 75.7 Å². The molecular formula is C30H31N7O4S. The number of ether oxygens (including phenoxy) is 1. The third-order valence-electron chi connectivity index (χ3n) is 7.01. The Hall–Kier alpha value is -4.39. The fraction of sp³-hybridized carbons (Fsp3) is 0.300. The smallest absolute Gasteiger partial charge is 0.229 e. The lowest BCUT2D eigenvalue weighted by Crippen LogP contribution is -2.36. The number of carbonyl (C=O) groups is 1. The van der Waals surface area contributed by atoms with Gasteiger partial charge in [-0.3, -0.25) is 14.5 Å². The number of hydrogen-bond donors (Lipinski definition) is 1. The molecule has 0 radical (unpaired) electrons. The van der Waals surface area contributed by atoms with Crippen LogP contribution < -0.4 is 15.6 Å². The Morgan fingerprint density at radius 3 is 2.71 bits per heavy atom. The number of morpholine rings is 1. The standard InChI is InChI=1S/C30H31N7O4S/c1-19(38)15-35(3)16-22-17-37(34-20(22)2)26-8-9-31-30(33-26)32-23-6-4-21(5-7-23)24-18-42-29-25(39)14-27(41-28(24)29)36-10-12-40-13-11-36/h4-9,14,17-18H,10-13,15-16H2,1-3H3,(H,31,32,33). The molecule has 1 fully saturated rings. The van der Waals surface area contributed by atoms with Crippen molar-refractivity contribution in [1.29, 1.82) is 0 Å². The molecule has 1 saturated heterocycles. The van der Waals surface area contributed by atoms with Crippen LogP contribution in [0.1, 0.15) is 18.2 Å². The number of benzene rings is 1. The van der Waals surface area contributed by atoms with E-state index < -0.39 is 0 Å². The third kappa shape index (κ3) is 5.96. The van der Waals surface area contributed by atoms with Crippen molar-refractivity contribution in [1.82, 2.24) is 24.6 Å². The van der Waals surface area contributed by atoms with Gasteiger partial charge in [-0.2, -0.15) is 10.1 Å². The lowest BCUT2D eigenvalue weighted by molar-refractivity contribution is -0.117. The summed E-state index contributed by atoms with van der Waals surface area (Å²) in [7, 11) is 1.91. The van der Waals surface area contributed by atoms with E-state index in [9.17, 15) is 9.59 Å². The number of hydrogen-bond acceptors (Lipinski definition) is 11. The van der Waals surface area contributed by atoms with Crippen LogP contribution in [0, 0.1) is 6.92 Å². The van der Waals surface area contributed by atoms with Crippen molar-refractivity contribution in [2.45, 2.75) is 20.4 Å². The van der Waals surface area contributed by atoms with Gasteiger partial charge in [0.2, 0.25) is 11.4 Å². The summed E-state index contributed by atoms with van der Waals surface area (Å²) < 4.78 is 14.0. The first-order chi connectivity index (χ1) is 20.3. The number of aryl methyl sites for hydroxylation is 1. The fourth-order valence-electron chi connectivity index (χ4n) is 4.96. The number of anilines is 3. The monoisotopic (exact) mass is 585 g/mol. The van der Waals surface area contributed by atoms with Gasteiger partial charge in [-0.25, -0.2) is 9.67 Å². The zero-order valence-electron chi connectivity index (χ0n) is 23.7. The number of thiophene rings is 1. The predicted octanol–water partition coefficient (Wildman–Crippen LogP) is 4.41. The lowest BCUT2D eigenvalue weighted by Gasteiger charge is -2.27. The maximum absolute atomic E-state index is 12.8. The summed E-state index contributed by atoms with van der Waals surface area (Å²) in [6, 6.07) is 11.2. The van der Waals surface area contributed by atoms with Gasteiger partial charge in [-0.05, 0) is 38.6 Å². The second-order valence-corrected chi connectivity index (χ2v) is 11.2. The van der Waals surface area contributed by atoms with Crippen LogP contribution in [-0.2, 0) is 16.1 Å². The number of nitrogens with zero attached hydrogens (tertiary/aromatic N) is 6. The lowest BCUT2D eigenvalue weighted by atomic mass is 10.1. The average molecular weight is 586 g/mol. The summed E-state index contributed by atoms with van der Waals surface area (Å²) in [6.07, 6.45) is 3.62. The third-order valence-corrected chi connectivity index (χ3v) is 7.99. The molecule has 1 aliphatic heterocycles. The Morgan fingerprint density at radius 1 is 1.17 bits per heavy atom. The molecule has 1 aromatic carbocycles. The topological polar surface area (TPSA) is 119 Å². The highest BCUT2D eigenvalue weighted by Gasteiger charge is 2.19. The first-order valence-corrected chi connectivity index (χ1v) is 14.5. The number of aromatic nitrogens is 4. The SMILES string of the molecule is CC(=O)CN(C)Cc1cn(-c2ccnc(Nc3ccc(-c4csc5c(=O)cc(N6CCOCC6)oc45)cc3)n2)nc1C. The van der Waals surface area contributed by atoms with Gasteiger partial charge in [0.1, 0.15) is 10.5 Å². The Morgan fingerprint density at radius 2 is 1.95 bits per heavy atom. The number of Topliss-reactive ketones (excluding diaryl/α,β-unsaturated/α-hetero) is 1. The van der Waals surface area contributed by atoms with Crippen LogP contribution in [-0.4, -0.2) is 70.3 Å². The number of ketones is 1. The fourth-order valence-corrected chi connectivity index (χ4v) is 5.88. The number of nitrogens with one attached hydrogen (secondary N) is 1. The van der Waals surface area contributed by atoms with Crippen LogP contribution in [0.2, 0.25) is 0 Å². The number of fused-ring (bicyclic) bond motifs is 1. The number of likely N-dealkylation sites (N-methyl/N-ethyl adjacent to an activating group) is 1. The average Bonchev–Trinajstić information content (AvgIpc) is 3.57. The Balaban J connectivity index is 1.19. The molecule has 6 rings (SSSR count). The normalized spacial score (nSPS) is 13.7. The van der Waals surface area contributed by atoms with Crippen LogP contribution in [0.25, 0.3) is 27.2 Å². The maximum Gasteiger partial charge on any atom is 0.229 e. The molecule has 5 heterocycles. The second-order valence-electron chi connectivity index (χ2n) is 10.4. The quantitative estimate of drug-likeness (QED) is 0.267. The molecule has 0 atom stereocenters. The van der Waals surface area contributed by atoms with Crippen molar-refractivity contribution < 1.29 is 13.9 Å². The minimum atomic E-state index is -0.0353. The van der Waals surface area contributed by atoms with Crippen molar-refractivity contribution >= 4 is 44.9 Å². The summed E-state index contributed by atoms with van der Waals surface area (Å²) in [5, 5.41) is 9.84. The second kappa shape index (κ2) is 11.8. The molecule has 4 aromatic heterocycles. The molecule has 11 nitrogen and oxygen atoms in total. The van der Waals surface area contributed by atoms with E-state index in [1.165, 1.54) is 11.3 Å². The number of carbonyl (C=O) groups excluding carboxylic acids is 1. The van der Waals surface area contributed by atoms with Crippen molar-refractivity contribution in [3.8, 4) is 16.9 Å². The summed E-state index contributed by atoms with van der Waals surface area (Å²) in [5.41, 5.74) is 5.11. The minimum Gasteiger partial charge on any atom is -0.439 e. The van der Waals surface area contributed by atoms with E-state index in [-0.39, 0.29) is 11.2 Å². The van der Waals surface area contributed by atoms with E-state index in [1.54, 1.807) is 29.9 Å². The van der Waals surface area contributed by atoms with Crippen molar-refractivity contribution in [2.24, 2.45) is 0 Å². The van der Waals surface area contributed by atoms with Gasteiger partial charge < -0.3 is 19.4 Å². The summed E-state index contributed by atoms with van der Waals surface area (Å²) >= 11 is 1.39. The van der Waals surface area contributed by atoms with Gasteiger partial charge in [0.15, 0.2) is 17.3 Å². The van der Waals surface area contributed by atoms with Crippen LogP contribution >= 0.6 is 11.3 Å².